The van der Waals surface area contributed by atoms with Crippen LogP contribution in [0.2, 0.25) is 0 Å². The van der Waals surface area contributed by atoms with Gasteiger partial charge >= 0.3 is 0 Å². The molecule has 2 aliphatic heterocycles. The number of carbonyl (C=O) groups excluding carboxylic acids is 3. The second-order valence-electron chi connectivity index (χ2n) is 7.38. The molecule has 2 aromatic carbocycles. The number of amides is 3. The smallest absolute Gasteiger partial charge is 0.251 e. The van der Waals surface area contributed by atoms with Crippen LogP contribution in [0.3, 0.4) is 0 Å². The Morgan fingerprint density at radius 1 is 1.14 bits per heavy atom. The number of fused-ring (bicyclic) bond motifs is 1. The van der Waals surface area contributed by atoms with Crippen molar-refractivity contribution in [3.05, 3.63) is 71.3 Å². The van der Waals surface area contributed by atoms with Crippen molar-refractivity contribution < 1.29 is 14.4 Å². The number of rotatable bonds is 5. The topological polar surface area (TPSA) is 69.7 Å². The van der Waals surface area contributed by atoms with Gasteiger partial charge in [-0.25, -0.2) is 0 Å². The molecule has 3 amide bonds. The lowest BCUT2D eigenvalue weighted by Gasteiger charge is -2.35. The van der Waals surface area contributed by atoms with Crippen LogP contribution in [0, 0.1) is 0 Å². The predicted molar refractivity (Wildman–Crippen MR) is 112 cm³/mol. The van der Waals surface area contributed by atoms with Crippen LogP contribution in [0.15, 0.2) is 54.6 Å². The lowest BCUT2D eigenvalue weighted by Crippen LogP contribution is -2.57. The van der Waals surface area contributed by atoms with Gasteiger partial charge in [0.05, 0.1) is 11.9 Å². The SMILES string of the molecule is CC(NC(=O)c1ccc(CN2CC(=O)N3CSC[C@@H]3C2=O)cc1)c1ccccc1. The fourth-order valence-corrected chi connectivity index (χ4v) is 4.83. The van der Waals surface area contributed by atoms with Gasteiger partial charge in [-0.3, -0.25) is 14.4 Å². The van der Waals surface area contributed by atoms with Crippen LogP contribution in [-0.4, -0.2) is 51.7 Å². The molecule has 1 unspecified atom stereocenters. The minimum Gasteiger partial charge on any atom is -0.346 e. The zero-order valence-electron chi connectivity index (χ0n) is 16.2. The van der Waals surface area contributed by atoms with Gasteiger partial charge in [0.1, 0.15) is 12.6 Å². The summed E-state index contributed by atoms with van der Waals surface area (Å²) >= 11 is 1.62. The van der Waals surface area contributed by atoms with Gasteiger partial charge in [0.15, 0.2) is 0 Å². The molecule has 29 heavy (non-hydrogen) atoms. The van der Waals surface area contributed by atoms with E-state index in [2.05, 4.69) is 5.32 Å². The van der Waals surface area contributed by atoms with E-state index in [1.165, 1.54) is 0 Å². The summed E-state index contributed by atoms with van der Waals surface area (Å²) in [5.74, 6) is 1.14. The van der Waals surface area contributed by atoms with Crippen molar-refractivity contribution in [3.63, 3.8) is 0 Å². The molecular weight excluding hydrogens is 386 g/mol. The fourth-order valence-electron chi connectivity index (χ4n) is 3.66. The zero-order valence-corrected chi connectivity index (χ0v) is 17.0. The van der Waals surface area contributed by atoms with Crippen molar-refractivity contribution in [2.45, 2.75) is 25.6 Å². The monoisotopic (exact) mass is 409 g/mol. The Labute approximate surface area is 174 Å². The Hall–Kier alpha value is -2.80. The highest BCUT2D eigenvalue weighted by Crippen LogP contribution is 2.26. The Balaban J connectivity index is 1.38. The molecule has 0 aliphatic carbocycles. The number of carbonyl (C=O) groups is 3. The first kappa shape index (κ1) is 19.5. The van der Waals surface area contributed by atoms with Crippen molar-refractivity contribution in [2.24, 2.45) is 0 Å². The van der Waals surface area contributed by atoms with E-state index < -0.39 is 0 Å². The number of benzene rings is 2. The molecule has 2 fully saturated rings. The normalized spacial score (nSPS) is 19.8. The molecular formula is C22H23N3O3S. The molecule has 2 saturated heterocycles. The highest BCUT2D eigenvalue weighted by Gasteiger charge is 2.42. The van der Waals surface area contributed by atoms with Crippen molar-refractivity contribution >= 4 is 29.5 Å². The maximum Gasteiger partial charge on any atom is 0.251 e. The minimum atomic E-state index is -0.328. The van der Waals surface area contributed by atoms with Crippen LogP contribution in [0.25, 0.3) is 0 Å². The second-order valence-corrected chi connectivity index (χ2v) is 8.38. The summed E-state index contributed by atoms with van der Waals surface area (Å²) < 4.78 is 0. The molecule has 0 spiro atoms. The quantitative estimate of drug-likeness (QED) is 0.824. The molecule has 2 atom stereocenters. The van der Waals surface area contributed by atoms with Gasteiger partial charge < -0.3 is 15.1 Å². The highest BCUT2D eigenvalue weighted by atomic mass is 32.2. The molecule has 0 aromatic heterocycles. The first-order valence-corrected chi connectivity index (χ1v) is 10.8. The summed E-state index contributed by atoms with van der Waals surface area (Å²) in [6.45, 7) is 2.44. The van der Waals surface area contributed by atoms with E-state index in [-0.39, 0.29) is 36.3 Å². The third-order valence-electron chi connectivity index (χ3n) is 5.36. The molecule has 1 N–H and O–H groups in total. The van der Waals surface area contributed by atoms with Crippen LogP contribution < -0.4 is 5.32 Å². The van der Waals surface area contributed by atoms with Crippen molar-refractivity contribution in [3.8, 4) is 0 Å². The largest absolute Gasteiger partial charge is 0.346 e. The van der Waals surface area contributed by atoms with E-state index in [0.29, 0.717) is 23.7 Å². The molecule has 2 aromatic rings. The third kappa shape index (κ3) is 4.15. The van der Waals surface area contributed by atoms with Crippen LogP contribution in [0.1, 0.15) is 34.5 Å². The number of thioether (sulfide) groups is 1. The van der Waals surface area contributed by atoms with Crippen LogP contribution in [0.5, 0.6) is 0 Å². The minimum absolute atomic E-state index is 0.00509. The number of hydrogen-bond acceptors (Lipinski definition) is 4. The maximum atomic E-state index is 12.6. The summed E-state index contributed by atoms with van der Waals surface area (Å²) in [4.78, 5) is 40.7. The van der Waals surface area contributed by atoms with Crippen LogP contribution in [-0.2, 0) is 16.1 Å². The van der Waals surface area contributed by atoms with E-state index in [9.17, 15) is 14.4 Å². The number of piperazine rings is 1. The Bertz CT molecular complexity index is 917. The van der Waals surface area contributed by atoms with Crippen molar-refractivity contribution in [1.82, 2.24) is 15.1 Å². The molecule has 0 radical (unpaired) electrons. The van der Waals surface area contributed by atoms with E-state index >= 15 is 0 Å². The summed E-state index contributed by atoms with van der Waals surface area (Å²) in [7, 11) is 0. The number of hydrogen-bond donors (Lipinski definition) is 1. The van der Waals surface area contributed by atoms with Crippen LogP contribution in [0.4, 0.5) is 0 Å². The van der Waals surface area contributed by atoms with Gasteiger partial charge in [-0.15, -0.1) is 11.8 Å². The lowest BCUT2D eigenvalue weighted by molar-refractivity contribution is -0.153. The molecule has 6 nitrogen and oxygen atoms in total. The molecule has 0 saturated carbocycles. The molecule has 7 heteroatoms. The van der Waals surface area contributed by atoms with Gasteiger partial charge in [0.2, 0.25) is 11.8 Å². The van der Waals surface area contributed by atoms with E-state index in [1.807, 2.05) is 49.4 Å². The summed E-state index contributed by atoms with van der Waals surface area (Å²) in [6, 6.07) is 16.6. The standard InChI is InChI=1S/C22H23N3O3S/c1-15(17-5-3-2-4-6-17)23-21(27)18-9-7-16(8-10-18)11-24-12-20(26)25-14-29-13-19(25)22(24)28/h2-10,15,19H,11-14H2,1H3,(H,23,27)/t15?,19-/m1/s1. The van der Waals surface area contributed by atoms with Crippen molar-refractivity contribution in [2.75, 3.05) is 18.2 Å². The van der Waals surface area contributed by atoms with Gasteiger partial charge in [0.25, 0.3) is 5.91 Å². The number of nitrogens with zero attached hydrogens (tertiary/aromatic N) is 2. The van der Waals surface area contributed by atoms with Gasteiger partial charge in [-0.2, -0.15) is 0 Å². The second kappa shape index (κ2) is 8.29. The third-order valence-corrected chi connectivity index (χ3v) is 6.37. The molecule has 4 rings (SSSR count). The van der Waals surface area contributed by atoms with Gasteiger partial charge in [-0.1, -0.05) is 42.5 Å². The molecule has 2 heterocycles. The van der Waals surface area contributed by atoms with Crippen LogP contribution >= 0.6 is 11.8 Å². The zero-order chi connectivity index (χ0) is 20.4. The molecule has 150 valence electrons. The Morgan fingerprint density at radius 3 is 2.59 bits per heavy atom. The predicted octanol–water partition coefficient (Wildman–Crippen LogP) is 2.42. The summed E-state index contributed by atoms with van der Waals surface area (Å²) in [5.41, 5.74) is 2.51. The van der Waals surface area contributed by atoms with Gasteiger partial charge in [0, 0.05) is 17.9 Å². The maximum absolute atomic E-state index is 12.6. The van der Waals surface area contributed by atoms with Gasteiger partial charge in [-0.05, 0) is 30.2 Å². The van der Waals surface area contributed by atoms with E-state index in [0.717, 1.165) is 11.1 Å². The van der Waals surface area contributed by atoms with E-state index in [4.69, 9.17) is 0 Å². The first-order chi connectivity index (χ1) is 14.0. The first-order valence-electron chi connectivity index (χ1n) is 9.63. The Morgan fingerprint density at radius 2 is 1.86 bits per heavy atom. The Kier molecular flexibility index (Phi) is 5.58. The van der Waals surface area contributed by atoms with Crippen molar-refractivity contribution in [1.29, 1.82) is 0 Å². The average Bonchev–Trinajstić information content (AvgIpc) is 3.24. The fraction of sp³-hybridized carbons (Fsp3) is 0.318. The summed E-state index contributed by atoms with van der Waals surface area (Å²) in [6.07, 6.45) is 0. The molecule has 2 aliphatic rings. The number of nitrogens with one attached hydrogen (secondary N) is 1. The lowest BCUT2D eigenvalue weighted by atomic mass is 10.1. The summed E-state index contributed by atoms with van der Waals surface area (Å²) in [5, 5.41) is 3.00. The molecule has 0 bridgehead atoms. The average molecular weight is 410 g/mol. The highest BCUT2D eigenvalue weighted by molar-refractivity contribution is 7.99. The van der Waals surface area contributed by atoms with E-state index in [1.54, 1.807) is 33.7 Å².